The molecule has 1 saturated carbocycles. The number of hydrogen-bond acceptors (Lipinski definition) is 13. The van der Waals surface area contributed by atoms with Crippen molar-refractivity contribution in [2.45, 2.75) is 104 Å². The second kappa shape index (κ2) is 12.4. The molecular formula is C29H40O13. The van der Waals surface area contributed by atoms with E-state index in [1.807, 2.05) is 0 Å². The molecule has 0 aromatic heterocycles. The van der Waals surface area contributed by atoms with E-state index in [4.69, 9.17) is 28.4 Å². The number of carbonyl (C=O) groups is 6. The number of methoxy groups -OCH3 is 1. The first kappa shape index (κ1) is 33.0. The molecule has 1 aliphatic heterocycles. The molecule has 0 amide bonds. The first-order valence-electron chi connectivity index (χ1n) is 13.9. The van der Waals surface area contributed by atoms with Gasteiger partial charge in [0.2, 0.25) is 0 Å². The minimum atomic E-state index is -2.26. The van der Waals surface area contributed by atoms with Crippen LogP contribution in [0, 0.1) is 23.2 Å². The van der Waals surface area contributed by atoms with Crippen LogP contribution >= 0.6 is 0 Å². The molecule has 0 radical (unpaired) electrons. The van der Waals surface area contributed by atoms with Crippen LogP contribution < -0.4 is 0 Å². The van der Waals surface area contributed by atoms with Gasteiger partial charge in [0.25, 0.3) is 0 Å². The fraction of sp³-hybridized carbons (Fsp3) is 0.724. The Hall–Kier alpha value is -3.48. The van der Waals surface area contributed by atoms with Crippen LogP contribution in [0.2, 0.25) is 0 Å². The normalized spacial score (nSPS) is 39.2. The van der Waals surface area contributed by atoms with Crippen LogP contribution in [0.5, 0.6) is 0 Å². The molecule has 1 N–H and O–H groups in total. The summed E-state index contributed by atoms with van der Waals surface area (Å²) in [5.74, 6) is -7.40. The summed E-state index contributed by atoms with van der Waals surface area (Å²) in [6.07, 6.45) is -4.86. The van der Waals surface area contributed by atoms with Crippen molar-refractivity contribution in [3.63, 3.8) is 0 Å². The monoisotopic (exact) mass is 596 g/mol. The SMILES string of the molecule is COC(=O)/C1=C/[C@@H]2OC(=O)[C@H](C)[C@@]2(O)[C@H](OC(C)=O)[C@H]2[C@@H](C)[C@H](OC(C)=O)C[C@H](OC(C)=O)[C@]2(C)[C@H](OC(C)=O)CC1. The number of fused-ring (bicyclic) bond motifs is 2. The number of aliphatic hydroxyl groups is 1. The third-order valence-electron chi connectivity index (χ3n) is 8.94. The first-order valence-corrected chi connectivity index (χ1v) is 13.9. The van der Waals surface area contributed by atoms with E-state index in [1.54, 1.807) is 13.8 Å². The molecule has 2 fully saturated rings. The standard InChI is InChI=1S/C29H40O13/c1-13-20(38-15(3)30)12-22(40-17(5)32)28(7)21(39-16(4)31)10-9-19(27(35)37-8)11-23-29(36,14(2)26(34)42-23)25(24(13)28)41-18(6)33/h11,13-14,20-25,36H,9-10,12H2,1-8H3/b19-11+/t13-,14-,20+,21+,22-,23-,24+,25+,28-,29-/m0/s1. The molecule has 1 heterocycles. The van der Waals surface area contributed by atoms with E-state index >= 15 is 0 Å². The van der Waals surface area contributed by atoms with Crippen LogP contribution in [0.25, 0.3) is 0 Å². The maximum absolute atomic E-state index is 13.0. The quantitative estimate of drug-likeness (QED) is 0.357. The fourth-order valence-corrected chi connectivity index (χ4v) is 6.98. The maximum atomic E-state index is 13.0. The van der Waals surface area contributed by atoms with E-state index in [0.29, 0.717) is 0 Å². The number of rotatable bonds is 5. The lowest BCUT2D eigenvalue weighted by molar-refractivity contribution is -0.252. The van der Waals surface area contributed by atoms with Gasteiger partial charge in [-0.05, 0) is 25.8 Å². The number of carbonyl (C=O) groups excluding carboxylic acids is 6. The van der Waals surface area contributed by atoms with Crippen LogP contribution in [-0.2, 0) is 57.2 Å². The van der Waals surface area contributed by atoms with Gasteiger partial charge in [0, 0.05) is 56.9 Å². The van der Waals surface area contributed by atoms with E-state index < -0.39 is 95.1 Å². The van der Waals surface area contributed by atoms with Gasteiger partial charge in [-0.3, -0.25) is 24.0 Å². The van der Waals surface area contributed by atoms with Crippen LogP contribution in [0.1, 0.15) is 67.7 Å². The Labute approximate surface area is 244 Å². The van der Waals surface area contributed by atoms with Crippen molar-refractivity contribution in [2.75, 3.05) is 7.11 Å². The van der Waals surface area contributed by atoms with Crippen LogP contribution in [0.15, 0.2) is 11.6 Å². The highest BCUT2D eigenvalue weighted by Crippen LogP contribution is 2.57. The van der Waals surface area contributed by atoms with Crippen molar-refractivity contribution in [1.29, 1.82) is 0 Å². The Bertz CT molecular complexity index is 1160. The number of ether oxygens (including phenoxy) is 6. The Morgan fingerprint density at radius 3 is 1.98 bits per heavy atom. The molecule has 0 bridgehead atoms. The van der Waals surface area contributed by atoms with Crippen LogP contribution in [0.3, 0.4) is 0 Å². The van der Waals surface area contributed by atoms with Gasteiger partial charge in [-0.25, -0.2) is 4.79 Å². The summed E-state index contributed by atoms with van der Waals surface area (Å²) in [6, 6.07) is 0. The zero-order valence-electron chi connectivity index (χ0n) is 25.2. The maximum Gasteiger partial charge on any atom is 0.333 e. The minimum Gasteiger partial charge on any atom is -0.466 e. The van der Waals surface area contributed by atoms with E-state index in [9.17, 15) is 33.9 Å². The van der Waals surface area contributed by atoms with Gasteiger partial charge < -0.3 is 33.5 Å². The summed E-state index contributed by atoms with van der Waals surface area (Å²) >= 11 is 0. The Morgan fingerprint density at radius 1 is 0.905 bits per heavy atom. The van der Waals surface area contributed by atoms with Crippen molar-refractivity contribution < 1.29 is 62.3 Å². The predicted molar refractivity (Wildman–Crippen MR) is 141 cm³/mol. The number of esters is 6. The molecule has 2 aliphatic carbocycles. The molecule has 13 heteroatoms. The van der Waals surface area contributed by atoms with Gasteiger partial charge in [-0.1, -0.05) is 13.8 Å². The van der Waals surface area contributed by atoms with Gasteiger partial charge in [-0.2, -0.15) is 0 Å². The molecule has 3 rings (SSSR count). The summed E-state index contributed by atoms with van der Waals surface area (Å²) in [6.45, 7) is 9.50. The molecular weight excluding hydrogens is 556 g/mol. The van der Waals surface area contributed by atoms with E-state index in [1.165, 1.54) is 33.8 Å². The second-order valence-corrected chi connectivity index (χ2v) is 11.5. The van der Waals surface area contributed by atoms with Gasteiger partial charge in [0.05, 0.1) is 13.0 Å². The van der Waals surface area contributed by atoms with Crippen molar-refractivity contribution in [3.05, 3.63) is 11.6 Å². The van der Waals surface area contributed by atoms with Crippen LogP contribution in [0.4, 0.5) is 0 Å². The van der Waals surface area contributed by atoms with Crippen molar-refractivity contribution in [1.82, 2.24) is 0 Å². The van der Waals surface area contributed by atoms with Gasteiger partial charge in [-0.15, -0.1) is 0 Å². The largest absolute Gasteiger partial charge is 0.466 e. The third-order valence-corrected chi connectivity index (χ3v) is 8.94. The average molecular weight is 597 g/mol. The zero-order valence-corrected chi connectivity index (χ0v) is 25.2. The topological polar surface area (TPSA) is 178 Å². The summed E-state index contributed by atoms with van der Waals surface area (Å²) in [4.78, 5) is 75.5. The van der Waals surface area contributed by atoms with Crippen molar-refractivity contribution in [3.8, 4) is 0 Å². The molecule has 0 aromatic carbocycles. The van der Waals surface area contributed by atoms with E-state index in [0.717, 1.165) is 14.0 Å². The van der Waals surface area contributed by atoms with Gasteiger partial charge >= 0.3 is 35.8 Å². The molecule has 0 spiro atoms. The predicted octanol–water partition coefficient (Wildman–Crippen LogP) is 1.56. The Kier molecular flexibility index (Phi) is 9.75. The molecule has 13 nitrogen and oxygen atoms in total. The van der Waals surface area contributed by atoms with E-state index in [-0.39, 0.29) is 24.8 Å². The lowest BCUT2D eigenvalue weighted by Gasteiger charge is -2.58. The molecule has 10 atom stereocenters. The van der Waals surface area contributed by atoms with Gasteiger partial charge in [0.15, 0.2) is 11.7 Å². The highest BCUT2D eigenvalue weighted by atomic mass is 16.6. The number of hydrogen-bond donors (Lipinski definition) is 1. The Balaban J connectivity index is 2.44. The third kappa shape index (κ3) is 6.02. The molecule has 42 heavy (non-hydrogen) atoms. The average Bonchev–Trinajstić information content (AvgIpc) is 3.09. The first-order chi connectivity index (χ1) is 19.5. The van der Waals surface area contributed by atoms with Crippen molar-refractivity contribution >= 4 is 35.8 Å². The summed E-state index contributed by atoms with van der Waals surface area (Å²) in [5.41, 5.74) is -3.66. The summed E-state index contributed by atoms with van der Waals surface area (Å²) in [7, 11) is 1.16. The molecule has 1 saturated heterocycles. The second-order valence-electron chi connectivity index (χ2n) is 11.5. The smallest absolute Gasteiger partial charge is 0.333 e. The summed E-state index contributed by atoms with van der Waals surface area (Å²) in [5, 5.41) is 12.5. The minimum absolute atomic E-state index is 0.00950. The summed E-state index contributed by atoms with van der Waals surface area (Å²) < 4.78 is 33.6. The lowest BCUT2D eigenvalue weighted by atomic mass is 9.52. The highest BCUT2D eigenvalue weighted by Gasteiger charge is 2.69. The lowest BCUT2D eigenvalue weighted by Crippen LogP contribution is -2.69. The molecule has 0 unspecified atom stereocenters. The van der Waals surface area contributed by atoms with Crippen molar-refractivity contribution in [2.24, 2.45) is 23.2 Å². The molecule has 3 aliphatic rings. The fourth-order valence-electron chi connectivity index (χ4n) is 6.98. The van der Waals surface area contributed by atoms with Crippen LogP contribution in [-0.4, -0.2) is 84.2 Å². The zero-order chi connectivity index (χ0) is 31.7. The van der Waals surface area contributed by atoms with Gasteiger partial charge in [0.1, 0.15) is 24.4 Å². The molecule has 0 aromatic rings. The Morgan fingerprint density at radius 2 is 1.45 bits per heavy atom. The highest BCUT2D eigenvalue weighted by molar-refractivity contribution is 5.89. The molecule has 234 valence electrons. The van der Waals surface area contributed by atoms with E-state index in [2.05, 4.69) is 0 Å².